The van der Waals surface area contributed by atoms with Gasteiger partial charge in [0.1, 0.15) is 28.3 Å². The second kappa shape index (κ2) is 7.57. The molecule has 7 heteroatoms. The van der Waals surface area contributed by atoms with Crippen LogP contribution in [0.3, 0.4) is 0 Å². The number of rotatable bonds is 3. The quantitative estimate of drug-likeness (QED) is 0.738. The number of nitriles is 1. The van der Waals surface area contributed by atoms with Crippen molar-refractivity contribution in [1.29, 1.82) is 5.26 Å². The summed E-state index contributed by atoms with van der Waals surface area (Å²) in [4.78, 5) is 2.09. The molecule has 0 spiro atoms. The molecule has 0 radical (unpaired) electrons. The number of halogens is 1. The molecule has 0 aliphatic carbocycles. The van der Waals surface area contributed by atoms with Crippen molar-refractivity contribution in [3.05, 3.63) is 57.7 Å². The van der Waals surface area contributed by atoms with Crippen LogP contribution in [-0.4, -0.2) is 26.2 Å². The summed E-state index contributed by atoms with van der Waals surface area (Å²) >= 11 is 1.52. The Kier molecular flexibility index (Phi) is 4.99. The van der Waals surface area contributed by atoms with E-state index in [0.29, 0.717) is 17.9 Å². The minimum absolute atomic E-state index is 0.257. The molecule has 1 aromatic carbocycles. The molecule has 2 aromatic rings. The molecule has 138 valence electrons. The van der Waals surface area contributed by atoms with E-state index in [4.69, 9.17) is 0 Å². The second-order valence-electron chi connectivity index (χ2n) is 6.57. The van der Waals surface area contributed by atoms with E-state index in [2.05, 4.69) is 25.7 Å². The van der Waals surface area contributed by atoms with Gasteiger partial charge in [-0.2, -0.15) is 5.26 Å². The van der Waals surface area contributed by atoms with Gasteiger partial charge in [0.15, 0.2) is 5.82 Å². The number of allylic oxidation sites excluding steroid dienone is 1. The van der Waals surface area contributed by atoms with E-state index in [1.54, 1.807) is 12.1 Å². The fourth-order valence-electron chi connectivity index (χ4n) is 3.56. The van der Waals surface area contributed by atoms with E-state index in [0.717, 1.165) is 47.9 Å². The van der Waals surface area contributed by atoms with Gasteiger partial charge in [-0.05, 0) is 49.6 Å². The van der Waals surface area contributed by atoms with E-state index >= 15 is 0 Å². The zero-order valence-electron chi connectivity index (χ0n) is 15.2. The van der Waals surface area contributed by atoms with Crippen molar-refractivity contribution in [2.75, 3.05) is 6.54 Å². The van der Waals surface area contributed by atoms with Crippen LogP contribution in [-0.2, 0) is 13.0 Å². The minimum Gasteiger partial charge on any atom is -0.334 e. The molecule has 27 heavy (non-hydrogen) atoms. The van der Waals surface area contributed by atoms with Crippen molar-refractivity contribution in [3.8, 4) is 6.07 Å². The molecule has 0 atom stereocenters. The van der Waals surface area contributed by atoms with E-state index < -0.39 is 0 Å². The molecule has 0 unspecified atom stereocenters. The smallest absolute Gasteiger partial charge is 0.177 e. The summed E-state index contributed by atoms with van der Waals surface area (Å²) in [6, 6.07) is 8.81. The SMILES string of the molecule is CCN1C(c2ccc(F)cc2)=CSC1=C(C#N)c1nnc2n1CCCCC2. The van der Waals surface area contributed by atoms with Crippen LogP contribution in [0.15, 0.2) is 34.7 Å². The lowest BCUT2D eigenvalue weighted by Crippen LogP contribution is -2.18. The number of hydrogen-bond acceptors (Lipinski definition) is 5. The van der Waals surface area contributed by atoms with Gasteiger partial charge in [-0.25, -0.2) is 4.39 Å². The zero-order chi connectivity index (χ0) is 18.8. The molecule has 0 N–H and O–H groups in total. The fourth-order valence-corrected chi connectivity index (χ4v) is 4.66. The molecule has 1 aromatic heterocycles. The first kappa shape index (κ1) is 17.8. The Morgan fingerprint density at radius 1 is 1.22 bits per heavy atom. The van der Waals surface area contributed by atoms with Crippen molar-refractivity contribution in [2.45, 2.75) is 39.2 Å². The van der Waals surface area contributed by atoms with Crippen molar-refractivity contribution < 1.29 is 4.39 Å². The molecule has 2 aliphatic rings. The molecule has 4 rings (SSSR count). The molecule has 0 amide bonds. The lowest BCUT2D eigenvalue weighted by atomic mass is 10.1. The van der Waals surface area contributed by atoms with Crippen LogP contribution in [0.2, 0.25) is 0 Å². The first-order valence-corrected chi connectivity index (χ1v) is 10.1. The van der Waals surface area contributed by atoms with Crippen LogP contribution in [0.4, 0.5) is 4.39 Å². The molecular weight excluding hydrogens is 361 g/mol. The number of hydrogen-bond donors (Lipinski definition) is 0. The average molecular weight is 381 g/mol. The summed E-state index contributed by atoms with van der Waals surface area (Å²) in [5.41, 5.74) is 2.45. The summed E-state index contributed by atoms with van der Waals surface area (Å²) in [6.45, 7) is 3.60. The molecule has 5 nitrogen and oxygen atoms in total. The standard InChI is InChI=1S/C20H20FN5S/c1-2-25-17(14-7-9-15(21)10-8-14)13-27-20(25)16(12-22)19-24-23-18-6-4-3-5-11-26(18)19/h7-10,13H,2-6,11H2,1H3. The average Bonchev–Trinajstić information content (AvgIpc) is 3.20. The summed E-state index contributed by atoms with van der Waals surface area (Å²) in [7, 11) is 0. The molecule has 0 saturated carbocycles. The highest BCUT2D eigenvalue weighted by Gasteiger charge is 2.28. The summed E-state index contributed by atoms with van der Waals surface area (Å²) in [5, 5.41) is 21.5. The van der Waals surface area contributed by atoms with E-state index in [1.165, 1.54) is 30.3 Å². The summed E-state index contributed by atoms with van der Waals surface area (Å²) in [6.07, 6.45) is 4.27. The third-order valence-electron chi connectivity index (χ3n) is 4.93. The first-order chi connectivity index (χ1) is 13.2. The maximum atomic E-state index is 13.3. The Morgan fingerprint density at radius 2 is 2.04 bits per heavy atom. The maximum absolute atomic E-state index is 13.3. The van der Waals surface area contributed by atoms with Gasteiger partial charge in [0.05, 0.1) is 5.70 Å². The zero-order valence-corrected chi connectivity index (χ0v) is 16.0. The van der Waals surface area contributed by atoms with Crippen LogP contribution in [0.5, 0.6) is 0 Å². The Hall–Kier alpha value is -2.59. The molecule has 2 aliphatic heterocycles. The van der Waals surface area contributed by atoms with Gasteiger partial charge in [0.25, 0.3) is 0 Å². The number of nitrogens with zero attached hydrogens (tertiary/aromatic N) is 5. The molecule has 0 fully saturated rings. The maximum Gasteiger partial charge on any atom is 0.177 e. The third-order valence-corrected chi connectivity index (χ3v) is 5.92. The number of aromatic nitrogens is 3. The Bertz CT molecular complexity index is 952. The Balaban J connectivity index is 1.74. The number of benzene rings is 1. The largest absolute Gasteiger partial charge is 0.334 e. The predicted molar refractivity (Wildman–Crippen MR) is 104 cm³/mol. The second-order valence-corrected chi connectivity index (χ2v) is 7.42. The third kappa shape index (κ3) is 3.26. The van der Waals surface area contributed by atoms with E-state index in [1.807, 2.05) is 12.3 Å². The highest BCUT2D eigenvalue weighted by atomic mass is 32.2. The van der Waals surface area contributed by atoms with Crippen LogP contribution >= 0.6 is 11.8 Å². The van der Waals surface area contributed by atoms with E-state index in [9.17, 15) is 9.65 Å². The van der Waals surface area contributed by atoms with E-state index in [-0.39, 0.29) is 5.82 Å². The highest BCUT2D eigenvalue weighted by Crippen LogP contribution is 2.43. The molecular formula is C20H20FN5S. The minimum atomic E-state index is -0.257. The summed E-state index contributed by atoms with van der Waals surface area (Å²) in [5.74, 6) is 1.37. The van der Waals surface area contributed by atoms with Gasteiger partial charge in [-0.3, -0.25) is 0 Å². The van der Waals surface area contributed by atoms with Crippen LogP contribution < -0.4 is 0 Å². The normalized spacial score (nSPS) is 18.6. The van der Waals surface area contributed by atoms with Crippen LogP contribution in [0.1, 0.15) is 43.4 Å². The van der Waals surface area contributed by atoms with Crippen molar-refractivity contribution in [1.82, 2.24) is 19.7 Å². The monoisotopic (exact) mass is 381 g/mol. The lowest BCUT2D eigenvalue weighted by Gasteiger charge is -2.23. The van der Waals surface area contributed by atoms with Gasteiger partial charge in [0.2, 0.25) is 0 Å². The van der Waals surface area contributed by atoms with Gasteiger partial charge >= 0.3 is 0 Å². The van der Waals surface area contributed by atoms with Gasteiger partial charge in [-0.1, -0.05) is 18.2 Å². The van der Waals surface area contributed by atoms with Gasteiger partial charge in [0, 0.05) is 24.9 Å². The first-order valence-electron chi connectivity index (χ1n) is 9.20. The Labute approximate surface area is 162 Å². The van der Waals surface area contributed by atoms with Crippen LogP contribution in [0.25, 0.3) is 11.3 Å². The van der Waals surface area contributed by atoms with Gasteiger partial charge in [-0.15, -0.1) is 10.2 Å². The topological polar surface area (TPSA) is 57.7 Å². The number of fused-ring (bicyclic) bond motifs is 1. The Morgan fingerprint density at radius 3 is 2.78 bits per heavy atom. The molecule has 3 heterocycles. The highest BCUT2D eigenvalue weighted by molar-refractivity contribution is 8.06. The van der Waals surface area contributed by atoms with Gasteiger partial charge < -0.3 is 9.47 Å². The lowest BCUT2D eigenvalue weighted by molar-refractivity contribution is 0.556. The van der Waals surface area contributed by atoms with Crippen molar-refractivity contribution >= 4 is 23.0 Å². The fraction of sp³-hybridized carbons (Fsp3) is 0.350. The van der Waals surface area contributed by atoms with Crippen LogP contribution in [0, 0.1) is 17.1 Å². The number of aryl methyl sites for hydroxylation is 1. The summed E-state index contributed by atoms with van der Waals surface area (Å²) < 4.78 is 15.4. The number of thioether (sulfide) groups is 1. The van der Waals surface area contributed by atoms with Crippen molar-refractivity contribution in [2.24, 2.45) is 0 Å². The van der Waals surface area contributed by atoms with Crippen molar-refractivity contribution in [3.63, 3.8) is 0 Å². The molecule has 0 bridgehead atoms. The molecule has 0 saturated heterocycles. The predicted octanol–water partition coefficient (Wildman–Crippen LogP) is 4.40.